The number of nitrogens with zero attached hydrogens (tertiary/aromatic N) is 2. The number of carbonyl (C=O) groups is 1. The Kier molecular flexibility index (Phi) is 4.34. The maximum Gasteiger partial charge on any atom is 0.358 e. The predicted molar refractivity (Wildman–Crippen MR) is 68.3 cm³/mol. The van der Waals surface area contributed by atoms with Crippen molar-refractivity contribution in [3.8, 4) is 0 Å². The number of nitrogens with two attached hydrogens (primary N) is 1. The largest absolute Gasteiger partial charge is 0.458 e. The lowest BCUT2D eigenvalue weighted by Gasteiger charge is -2.19. The van der Waals surface area contributed by atoms with Crippen LogP contribution in [0.15, 0.2) is 0 Å². The molecule has 2 N–H and O–H groups in total. The van der Waals surface area contributed by atoms with E-state index in [-0.39, 0.29) is 17.9 Å². The Morgan fingerprint density at radius 1 is 1.39 bits per heavy atom. The van der Waals surface area contributed by atoms with Crippen molar-refractivity contribution < 1.29 is 14.3 Å². The lowest BCUT2D eigenvalue weighted by Crippen LogP contribution is -2.23. The van der Waals surface area contributed by atoms with Crippen molar-refractivity contribution in [2.75, 3.05) is 18.9 Å². The van der Waals surface area contributed by atoms with Gasteiger partial charge in [0.2, 0.25) is 0 Å². The van der Waals surface area contributed by atoms with Crippen LogP contribution in [0.25, 0.3) is 0 Å². The molecular weight excluding hydrogens is 234 g/mol. The zero-order chi connectivity index (χ0) is 13.9. The molecule has 0 aliphatic rings. The molecule has 0 aliphatic heterocycles. The highest BCUT2D eigenvalue weighted by Crippen LogP contribution is 2.16. The summed E-state index contributed by atoms with van der Waals surface area (Å²) in [6.45, 7) is 8.12. The lowest BCUT2D eigenvalue weighted by atomic mass is 10.2. The number of rotatable bonds is 4. The molecule has 0 bridgehead atoms. The van der Waals surface area contributed by atoms with Crippen molar-refractivity contribution in [2.45, 2.75) is 33.3 Å². The van der Waals surface area contributed by atoms with Gasteiger partial charge in [0, 0.05) is 7.05 Å². The zero-order valence-corrected chi connectivity index (χ0v) is 11.6. The van der Waals surface area contributed by atoms with E-state index < -0.39 is 5.97 Å². The van der Waals surface area contributed by atoms with Crippen LogP contribution in [0.2, 0.25) is 0 Å². The topological polar surface area (TPSA) is 79.4 Å². The monoisotopic (exact) mass is 255 g/mol. The number of aromatic nitrogens is 2. The Morgan fingerprint density at radius 2 is 2.00 bits per heavy atom. The third-order valence-electron chi connectivity index (χ3n) is 2.31. The predicted octanol–water partition coefficient (Wildman–Crippen LogP) is 1.28. The molecule has 0 aromatic carbocycles. The summed E-state index contributed by atoms with van der Waals surface area (Å²) < 4.78 is 12.0. The standard InChI is InChI=1S/C12H21N3O3/c1-8-9(13)10(15(5)14-8)11(16)17-6-7-18-12(2,3)4/h6-7,13H2,1-5H3. The maximum atomic E-state index is 11.8. The van der Waals surface area contributed by atoms with Crippen LogP contribution in [-0.2, 0) is 16.5 Å². The number of nitrogen functional groups attached to an aromatic ring is 1. The molecule has 1 aromatic rings. The van der Waals surface area contributed by atoms with Crippen molar-refractivity contribution in [3.63, 3.8) is 0 Å². The van der Waals surface area contributed by atoms with E-state index in [1.165, 1.54) is 4.68 Å². The smallest absolute Gasteiger partial charge is 0.358 e. The fourth-order valence-electron chi connectivity index (χ4n) is 1.47. The van der Waals surface area contributed by atoms with Gasteiger partial charge in [-0.2, -0.15) is 5.10 Å². The molecule has 102 valence electrons. The first-order valence-corrected chi connectivity index (χ1v) is 5.82. The average Bonchev–Trinajstić information content (AvgIpc) is 2.47. The molecule has 6 nitrogen and oxygen atoms in total. The molecular formula is C12H21N3O3. The third kappa shape index (κ3) is 3.73. The minimum atomic E-state index is -0.479. The first-order chi connectivity index (χ1) is 8.22. The van der Waals surface area contributed by atoms with Gasteiger partial charge in [-0.15, -0.1) is 0 Å². The molecule has 0 fully saturated rings. The van der Waals surface area contributed by atoms with Crippen LogP contribution in [0.4, 0.5) is 5.69 Å². The van der Waals surface area contributed by atoms with Gasteiger partial charge in [-0.05, 0) is 27.7 Å². The summed E-state index contributed by atoms with van der Waals surface area (Å²) in [5, 5.41) is 4.06. The summed E-state index contributed by atoms with van der Waals surface area (Å²) in [5.74, 6) is -0.479. The van der Waals surface area contributed by atoms with E-state index in [1.54, 1.807) is 14.0 Å². The highest BCUT2D eigenvalue weighted by atomic mass is 16.6. The molecule has 0 aliphatic carbocycles. The van der Waals surface area contributed by atoms with Gasteiger partial charge in [0.25, 0.3) is 0 Å². The van der Waals surface area contributed by atoms with Gasteiger partial charge in [0.05, 0.1) is 23.6 Å². The summed E-state index contributed by atoms with van der Waals surface area (Å²) >= 11 is 0. The fraction of sp³-hybridized carbons (Fsp3) is 0.667. The normalized spacial score (nSPS) is 11.6. The van der Waals surface area contributed by atoms with E-state index in [4.69, 9.17) is 15.2 Å². The van der Waals surface area contributed by atoms with E-state index in [2.05, 4.69) is 5.10 Å². The summed E-state index contributed by atoms with van der Waals surface area (Å²) in [4.78, 5) is 11.8. The van der Waals surface area contributed by atoms with Crippen LogP contribution in [-0.4, -0.2) is 34.6 Å². The molecule has 0 atom stereocenters. The van der Waals surface area contributed by atoms with Crippen molar-refractivity contribution >= 4 is 11.7 Å². The van der Waals surface area contributed by atoms with E-state index in [9.17, 15) is 4.79 Å². The molecule has 0 saturated heterocycles. The minimum absolute atomic E-state index is 0.194. The average molecular weight is 255 g/mol. The first kappa shape index (κ1) is 14.5. The van der Waals surface area contributed by atoms with Crippen LogP contribution >= 0.6 is 0 Å². The summed E-state index contributed by atoms with van der Waals surface area (Å²) in [6, 6.07) is 0. The number of esters is 1. The zero-order valence-electron chi connectivity index (χ0n) is 11.6. The molecule has 18 heavy (non-hydrogen) atoms. The van der Waals surface area contributed by atoms with Crippen LogP contribution in [0.1, 0.15) is 37.0 Å². The number of hydrogen-bond donors (Lipinski definition) is 1. The molecule has 1 heterocycles. The Bertz CT molecular complexity index is 433. The van der Waals surface area contributed by atoms with Crippen LogP contribution in [0.3, 0.4) is 0 Å². The van der Waals surface area contributed by atoms with E-state index in [0.717, 1.165) is 0 Å². The molecule has 6 heteroatoms. The van der Waals surface area contributed by atoms with Gasteiger partial charge in [-0.25, -0.2) is 4.79 Å². The molecule has 0 unspecified atom stereocenters. The molecule has 0 saturated carbocycles. The van der Waals surface area contributed by atoms with E-state index >= 15 is 0 Å². The number of aryl methyl sites for hydroxylation is 2. The maximum absolute atomic E-state index is 11.8. The second-order valence-electron chi connectivity index (χ2n) is 5.07. The molecule has 0 spiro atoms. The highest BCUT2D eigenvalue weighted by molar-refractivity contribution is 5.93. The Labute approximate surface area is 107 Å². The summed E-state index contributed by atoms with van der Waals surface area (Å²) in [5.41, 5.74) is 6.78. The SMILES string of the molecule is Cc1nn(C)c(C(=O)OCCOC(C)(C)C)c1N. The Hall–Kier alpha value is -1.56. The second kappa shape index (κ2) is 5.39. The van der Waals surface area contributed by atoms with Crippen molar-refractivity contribution in [2.24, 2.45) is 7.05 Å². The molecule has 1 rings (SSSR count). The van der Waals surface area contributed by atoms with Gasteiger partial charge in [0.15, 0.2) is 5.69 Å². The number of hydrogen-bond acceptors (Lipinski definition) is 5. The van der Waals surface area contributed by atoms with Crippen LogP contribution in [0.5, 0.6) is 0 Å². The molecule has 0 amide bonds. The summed E-state index contributed by atoms with van der Waals surface area (Å²) in [6.07, 6.45) is 0. The van der Waals surface area contributed by atoms with Gasteiger partial charge in [0.1, 0.15) is 6.61 Å². The first-order valence-electron chi connectivity index (χ1n) is 5.82. The number of anilines is 1. The van der Waals surface area contributed by atoms with Crippen molar-refractivity contribution in [3.05, 3.63) is 11.4 Å². The lowest BCUT2D eigenvalue weighted by molar-refractivity contribution is -0.0284. The summed E-state index contributed by atoms with van der Waals surface area (Å²) in [7, 11) is 1.66. The quantitative estimate of drug-likeness (QED) is 0.647. The van der Waals surface area contributed by atoms with E-state index in [1.807, 2.05) is 20.8 Å². The fourth-order valence-corrected chi connectivity index (χ4v) is 1.47. The van der Waals surface area contributed by atoms with Crippen molar-refractivity contribution in [1.29, 1.82) is 0 Å². The Morgan fingerprint density at radius 3 is 2.44 bits per heavy atom. The van der Waals surface area contributed by atoms with Crippen LogP contribution in [0, 0.1) is 6.92 Å². The molecule has 0 radical (unpaired) electrons. The highest BCUT2D eigenvalue weighted by Gasteiger charge is 2.19. The molecule has 1 aromatic heterocycles. The third-order valence-corrected chi connectivity index (χ3v) is 2.31. The number of ether oxygens (including phenoxy) is 2. The van der Waals surface area contributed by atoms with Crippen LogP contribution < -0.4 is 5.73 Å². The van der Waals surface area contributed by atoms with E-state index in [0.29, 0.717) is 18.0 Å². The Balaban J connectivity index is 2.51. The second-order valence-corrected chi connectivity index (χ2v) is 5.07. The minimum Gasteiger partial charge on any atom is -0.458 e. The van der Waals surface area contributed by atoms with Gasteiger partial charge in [-0.1, -0.05) is 0 Å². The van der Waals surface area contributed by atoms with Gasteiger partial charge >= 0.3 is 5.97 Å². The number of carbonyl (C=O) groups excluding carboxylic acids is 1. The van der Waals surface area contributed by atoms with Crippen molar-refractivity contribution in [1.82, 2.24) is 9.78 Å². The van der Waals surface area contributed by atoms with Gasteiger partial charge in [-0.3, -0.25) is 4.68 Å². The van der Waals surface area contributed by atoms with Gasteiger partial charge < -0.3 is 15.2 Å².